The Balaban J connectivity index is 0.000000182. The Hall–Kier alpha value is -11.6. The van der Waals surface area contributed by atoms with Crippen molar-refractivity contribution in [2.75, 3.05) is 70.4 Å². The van der Waals surface area contributed by atoms with Gasteiger partial charge in [-0.1, -0.05) is 112 Å². The number of hydrogen-bond acceptors (Lipinski definition) is 16. The fraction of sp³-hybridized carbons (Fsp3) is 0.333. The molecule has 10 aromatic rings. The van der Waals surface area contributed by atoms with Gasteiger partial charge in [-0.15, -0.1) is 21.1 Å². The van der Waals surface area contributed by atoms with Crippen LogP contribution in [0.2, 0.25) is 0 Å². The molecule has 0 aromatic heterocycles. The van der Waals surface area contributed by atoms with Crippen LogP contribution in [-0.4, -0.2) is 122 Å². The van der Waals surface area contributed by atoms with Gasteiger partial charge in [0.25, 0.3) is 23.6 Å². The second kappa shape index (κ2) is 36.7. The minimum absolute atomic E-state index is 0.0130. The molecule has 5 atom stereocenters. The Morgan fingerprint density at radius 1 is 0.452 bits per heavy atom. The topological polar surface area (TPSA) is 202 Å². The molecule has 0 aliphatic carbocycles. The zero-order valence-electron chi connectivity index (χ0n) is 73.2. The summed E-state index contributed by atoms with van der Waals surface area (Å²) in [5, 5.41) is 0. The van der Waals surface area contributed by atoms with Gasteiger partial charge in [-0.2, -0.15) is 12.6 Å². The molecule has 1 unspecified atom stereocenters. The molecule has 8 heterocycles. The van der Waals surface area contributed by atoms with Crippen LogP contribution in [0.15, 0.2) is 192 Å². The quantitative estimate of drug-likeness (QED) is 0.0468. The first-order valence-electron chi connectivity index (χ1n) is 42.8. The first kappa shape index (κ1) is 87.8. The number of methoxy groups -OCH3 is 2. The number of nitrogens with zero attached hydrogens (tertiary/aromatic N) is 8. The Morgan fingerprint density at radius 3 is 1.16 bits per heavy atom. The molecule has 18 rings (SSSR count). The maximum absolute atomic E-state index is 14.1. The minimum atomic E-state index is -0.287. The van der Waals surface area contributed by atoms with E-state index in [1.165, 1.54) is 17.5 Å². The number of aryl methyl sites for hydroxylation is 4. The van der Waals surface area contributed by atoms with E-state index < -0.39 is 0 Å². The van der Waals surface area contributed by atoms with Gasteiger partial charge >= 0.3 is 0 Å². The highest BCUT2D eigenvalue weighted by molar-refractivity contribution is 8.29. The molecule has 0 fully saturated rings. The van der Waals surface area contributed by atoms with E-state index in [1.54, 1.807) is 38.1 Å². The highest BCUT2D eigenvalue weighted by atomic mass is 35.5. The van der Waals surface area contributed by atoms with Crippen LogP contribution in [0, 0.1) is 13.8 Å². The lowest BCUT2D eigenvalue weighted by Crippen LogP contribution is -2.37. The number of anilines is 6. The van der Waals surface area contributed by atoms with Gasteiger partial charge in [0.15, 0.2) is 23.0 Å². The van der Waals surface area contributed by atoms with Gasteiger partial charge in [0.1, 0.15) is 37.9 Å². The highest BCUT2D eigenvalue weighted by Crippen LogP contribution is 2.47. The number of carbonyl (C=O) groups excluding carboxylic acids is 6. The Bertz CT molecular complexity index is 6080. The lowest BCUT2D eigenvalue weighted by molar-refractivity contribution is -0.119. The first-order chi connectivity index (χ1) is 60.6. The average Bonchev–Trinajstić information content (AvgIpc) is 1.62. The summed E-state index contributed by atoms with van der Waals surface area (Å²) in [6.07, 6.45) is 15.5. The monoisotopic (exact) mass is 1760 g/mol. The van der Waals surface area contributed by atoms with Crippen LogP contribution in [0.1, 0.15) is 174 Å². The maximum atomic E-state index is 14.1. The SMILES string of the molecule is CCl.COc1cc2c(cc1OCc1cc(COc3cc4c(cc3C)C(=O)N3c5ccccc5C[C@H]3C=N4)cc(N(C)C(=O)CCC(C)(C)S(C)=S)c1)CC[C@@H]1Cc3ccccc3N1C2=O.COc1cc2c(cc1OCc1cc(COc3cc4c(cc3C)C(=O)N3c5ccccc5C[C@H]3C=N4)cc(N(C)C(=O)CCC(C)(C)S)c1)CC[C@@H]1Cc3ccccc3N1C2=O. The number of thiol groups is 1. The number of rotatable bonds is 23. The number of fused-ring (bicyclic) bond motifs is 16. The summed E-state index contributed by atoms with van der Waals surface area (Å²) in [5.74, 6) is 3.03. The van der Waals surface area contributed by atoms with Crippen molar-refractivity contribution in [3.8, 4) is 34.5 Å². The summed E-state index contributed by atoms with van der Waals surface area (Å²) in [7, 11) is 6.48. The van der Waals surface area contributed by atoms with E-state index in [0.717, 1.165) is 130 Å². The van der Waals surface area contributed by atoms with Gasteiger partial charge in [-0.25, -0.2) is 0 Å². The molecular formula is C102H105ClN8O12S3. The van der Waals surface area contributed by atoms with Crippen LogP contribution in [0.3, 0.4) is 0 Å². The summed E-state index contributed by atoms with van der Waals surface area (Å²) in [6, 6.07) is 59.0. The fourth-order valence-corrected chi connectivity index (χ4v) is 19.0. The molecule has 10 aromatic carbocycles. The number of para-hydroxylation sites is 4. The van der Waals surface area contributed by atoms with Crippen molar-refractivity contribution in [3.63, 3.8) is 0 Å². The minimum Gasteiger partial charge on any atom is -0.493 e. The van der Waals surface area contributed by atoms with E-state index in [4.69, 9.17) is 49.6 Å². The van der Waals surface area contributed by atoms with Crippen LogP contribution in [-0.2, 0) is 95.2 Å². The number of alkyl halides is 1. The van der Waals surface area contributed by atoms with Gasteiger partial charge < -0.3 is 48.0 Å². The number of aliphatic imine (C=N–C) groups is 2. The molecule has 6 amide bonds. The van der Waals surface area contributed by atoms with Crippen molar-refractivity contribution in [1.29, 1.82) is 0 Å². The standard InChI is InChI=1S/C51H52N4O6S2.C50H50N4O6S.CH3Cl/c1-31-19-41-42(52-28-39-24-36-12-8-10-14-44(36)55(39)50(41)58)27-45(31)60-29-32-20-33(22-38(21-32)53(4)48(56)17-18-51(2,3)63(6)62)30-61-47-25-34-15-16-37-23-35-11-7-9-13-43(35)54(37)49(57)40(34)26-46(47)59-5;1-30-18-40-41(51-27-38-23-35-11-7-9-13-43(35)54(38)49(40)57)26-44(30)59-28-31-19-32(21-37(20-31)52(4)47(55)16-17-50(2,3)61)29-60-46-24-33-14-15-36-22-34-10-6-8-12-42(34)53(36)48(56)39(33)25-45(46)58-5;1-2/h7-14,19-22,25-28,37,39H,15-18,23-24,29-30H2,1-6H3;6-13,18-21,24-27,36,38,61H,14-17,22-23,28-29H2,1-5H3;1H3/t37-,39+,63?;36-,38+;/m11./s1. The van der Waals surface area contributed by atoms with E-state index in [2.05, 4.69) is 62.3 Å². The van der Waals surface area contributed by atoms with Crippen molar-refractivity contribution in [3.05, 3.63) is 271 Å². The van der Waals surface area contributed by atoms with Crippen molar-refractivity contribution < 1.29 is 57.2 Å². The molecule has 0 radical (unpaired) electrons. The molecule has 20 nitrogen and oxygen atoms in total. The van der Waals surface area contributed by atoms with E-state index in [1.807, 2.05) is 224 Å². The second-order valence-electron chi connectivity index (χ2n) is 34.8. The van der Waals surface area contributed by atoms with Crippen molar-refractivity contribution >= 4 is 138 Å². The third-order valence-electron chi connectivity index (χ3n) is 25.4. The first-order valence-corrected chi connectivity index (χ1v) is 46.6. The van der Waals surface area contributed by atoms with Crippen molar-refractivity contribution in [2.45, 2.75) is 179 Å². The molecule has 8 aliphatic rings. The van der Waals surface area contributed by atoms with Gasteiger partial charge in [0.2, 0.25) is 11.8 Å². The van der Waals surface area contributed by atoms with Crippen molar-refractivity contribution in [2.24, 2.45) is 9.98 Å². The highest BCUT2D eigenvalue weighted by Gasteiger charge is 2.42. The third-order valence-corrected chi connectivity index (χ3v) is 28.8. The molecule has 0 saturated heterocycles. The van der Waals surface area contributed by atoms with Crippen LogP contribution < -0.4 is 57.8 Å². The zero-order valence-corrected chi connectivity index (χ0v) is 76.5. The van der Waals surface area contributed by atoms with Crippen LogP contribution in [0.25, 0.3) is 0 Å². The Morgan fingerprint density at radius 2 is 0.794 bits per heavy atom. The summed E-state index contributed by atoms with van der Waals surface area (Å²) in [4.78, 5) is 104. The molecule has 0 bridgehead atoms. The molecule has 0 saturated carbocycles. The molecule has 126 heavy (non-hydrogen) atoms. The fourth-order valence-electron chi connectivity index (χ4n) is 18.2. The molecular weight excluding hydrogens is 1660 g/mol. The lowest BCUT2D eigenvalue weighted by atomic mass is 9.99. The van der Waals surface area contributed by atoms with E-state index >= 15 is 0 Å². The van der Waals surface area contributed by atoms with E-state index in [-0.39, 0.29) is 105 Å². The normalized spacial score (nSPS) is 17.3. The zero-order chi connectivity index (χ0) is 88.7. The molecule has 0 N–H and O–H groups in total. The van der Waals surface area contributed by atoms with Crippen molar-refractivity contribution in [1.82, 2.24) is 0 Å². The largest absolute Gasteiger partial charge is 0.493 e. The molecule has 8 aliphatic heterocycles. The predicted octanol–water partition coefficient (Wildman–Crippen LogP) is 19.5. The van der Waals surface area contributed by atoms with Crippen LogP contribution in [0.5, 0.6) is 34.5 Å². The summed E-state index contributed by atoms with van der Waals surface area (Å²) >= 11 is 14.9. The summed E-state index contributed by atoms with van der Waals surface area (Å²) in [6.45, 7) is 12.8. The number of halogens is 1. The predicted molar refractivity (Wildman–Crippen MR) is 509 cm³/mol. The number of benzene rings is 10. The maximum Gasteiger partial charge on any atom is 0.261 e. The number of carbonyl (C=O) groups is 6. The average molecular weight is 1770 g/mol. The number of ether oxygens (including phenoxy) is 6. The second-order valence-corrected chi connectivity index (χ2v) is 39.5. The van der Waals surface area contributed by atoms with Gasteiger partial charge in [0.05, 0.1) is 48.8 Å². The molecule has 0 spiro atoms. The van der Waals surface area contributed by atoms with Crippen LogP contribution >= 0.6 is 24.2 Å². The molecule has 650 valence electrons. The smallest absolute Gasteiger partial charge is 0.261 e. The number of amides is 6. The summed E-state index contributed by atoms with van der Waals surface area (Å²) < 4.78 is 37.3. The number of hydrogen-bond donors (Lipinski definition) is 1. The van der Waals surface area contributed by atoms with Gasteiger partial charge in [-0.3, -0.25) is 48.6 Å². The van der Waals surface area contributed by atoms with Gasteiger partial charge in [-0.05, 0) is 235 Å². The Kier molecular flexibility index (Phi) is 25.6. The van der Waals surface area contributed by atoms with E-state index in [0.29, 0.717) is 105 Å². The van der Waals surface area contributed by atoms with E-state index in [9.17, 15) is 28.8 Å². The lowest BCUT2D eigenvalue weighted by Gasteiger charge is -2.26. The molecule has 24 heteroatoms. The van der Waals surface area contributed by atoms with Gasteiger partial charge in [0, 0.05) is 138 Å². The van der Waals surface area contributed by atoms with Crippen LogP contribution in [0.4, 0.5) is 45.5 Å². The summed E-state index contributed by atoms with van der Waals surface area (Å²) in [5.41, 5.74) is 20.2. The Labute approximate surface area is 754 Å². The third kappa shape index (κ3) is 18.0.